The van der Waals surface area contributed by atoms with Crippen molar-refractivity contribution in [3.8, 4) is 0 Å². The number of nitrogens with zero attached hydrogens (tertiary/aromatic N) is 1. The van der Waals surface area contributed by atoms with Crippen molar-refractivity contribution in [3.05, 3.63) is 24.3 Å². The van der Waals surface area contributed by atoms with Gasteiger partial charge in [-0.15, -0.1) is 0 Å². The number of nitrogens with one attached hydrogen (secondary N) is 2. The Morgan fingerprint density at radius 2 is 1.87 bits per heavy atom. The number of sulfonamides is 1. The summed E-state index contributed by atoms with van der Waals surface area (Å²) in [6.07, 6.45) is 3.64. The second-order valence-corrected chi connectivity index (χ2v) is 7.82. The fourth-order valence-corrected chi connectivity index (χ4v) is 3.89. The van der Waals surface area contributed by atoms with E-state index in [1.54, 1.807) is 24.3 Å². The molecule has 1 aromatic carbocycles. The first-order valence-electron chi connectivity index (χ1n) is 8.03. The van der Waals surface area contributed by atoms with Gasteiger partial charge in [-0.2, -0.15) is 0 Å². The molecule has 1 atom stereocenters. The molecule has 0 saturated carbocycles. The third kappa shape index (κ3) is 5.21. The zero-order valence-electron chi connectivity index (χ0n) is 13.7. The van der Waals surface area contributed by atoms with Crippen molar-refractivity contribution in [1.29, 1.82) is 0 Å². The molecule has 128 valence electrons. The van der Waals surface area contributed by atoms with E-state index in [-0.39, 0.29) is 17.7 Å². The number of hydrogen-bond acceptors (Lipinski definition) is 4. The molecule has 1 aliphatic heterocycles. The molecule has 0 aromatic heterocycles. The maximum Gasteiger partial charge on any atom is 0.241 e. The van der Waals surface area contributed by atoms with Gasteiger partial charge in [0.25, 0.3) is 0 Å². The number of benzene rings is 1. The van der Waals surface area contributed by atoms with Crippen molar-refractivity contribution in [1.82, 2.24) is 4.90 Å². The predicted molar refractivity (Wildman–Crippen MR) is 93.0 cm³/mol. The van der Waals surface area contributed by atoms with Gasteiger partial charge in [0, 0.05) is 11.4 Å². The summed E-state index contributed by atoms with van der Waals surface area (Å²) < 4.78 is 26.0. The van der Waals surface area contributed by atoms with Gasteiger partial charge in [0.1, 0.15) is 0 Å². The summed E-state index contributed by atoms with van der Waals surface area (Å²) in [6.45, 7) is 2.76. The quantitative estimate of drug-likeness (QED) is 0.833. The lowest BCUT2D eigenvalue weighted by Gasteiger charge is -2.31. The van der Waals surface area contributed by atoms with E-state index in [1.807, 2.05) is 14.0 Å². The number of carbonyl (C=O) groups is 1. The van der Waals surface area contributed by atoms with Crippen LogP contribution < -0.4 is 10.0 Å². The van der Waals surface area contributed by atoms with E-state index >= 15 is 0 Å². The van der Waals surface area contributed by atoms with Crippen LogP contribution in [0.15, 0.2) is 24.3 Å². The standard InChI is InChI=1S/C16H25N3O3S/c1-3-12-23(21,22)18-14-9-7-13(8-10-14)17-16(20)15-6-4-5-11-19(15)2/h7-10,15,18H,3-6,11-12H2,1-2H3,(H,17,20). The topological polar surface area (TPSA) is 78.5 Å². The lowest BCUT2D eigenvalue weighted by Crippen LogP contribution is -2.44. The molecule has 2 rings (SSSR count). The Kier molecular flexibility index (Phi) is 6.01. The van der Waals surface area contributed by atoms with E-state index < -0.39 is 10.0 Å². The van der Waals surface area contributed by atoms with Crippen molar-refractivity contribution < 1.29 is 13.2 Å². The SMILES string of the molecule is CCCS(=O)(=O)Nc1ccc(NC(=O)C2CCCCN2C)cc1. The molecule has 1 saturated heterocycles. The van der Waals surface area contributed by atoms with Crippen LogP contribution in [0, 0.1) is 0 Å². The normalized spacial score (nSPS) is 19.3. The van der Waals surface area contributed by atoms with E-state index in [2.05, 4.69) is 14.9 Å². The third-order valence-electron chi connectivity index (χ3n) is 3.97. The van der Waals surface area contributed by atoms with Gasteiger partial charge in [0.05, 0.1) is 11.8 Å². The molecule has 1 heterocycles. The Morgan fingerprint density at radius 1 is 1.22 bits per heavy atom. The average molecular weight is 339 g/mol. The van der Waals surface area contributed by atoms with E-state index in [4.69, 9.17) is 0 Å². The molecule has 2 N–H and O–H groups in total. The molecule has 7 heteroatoms. The van der Waals surface area contributed by atoms with Gasteiger partial charge >= 0.3 is 0 Å². The van der Waals surface area contributed by atoms with Crippen LogP contribution >= 0.6 is 0 Å². The Bertz CT molecular complexity index is 628. The van der Waals surface area contributed by atoms with E-state index in [0.717, 1.165) is 25.8 Å². The van der Waals surface area contributed by atoms with Crippen LogP contribution in [0.25, 0.3) is 0 Å². The number of anilines is 2. The highest BCUT2D eigenvalue weighted by Gasteiger charge is 2.25. The van der Waals surface area contributed by atoms with Crippen LogP contribution in [0.1, 0.15) is 32.6 Å². The molecular formula is C16H25N3O3S. The lowest BCUT2D eigenvalue weighted by molar-refractivity contribution is -0.121. The summed E-state index contributed by atoms with van der Waals surface area (Å²) in [5, 5.41) is 2.90. The maximum absolute atomic E-state index is 12.3. The number of amides is 1. The van der Waals surface area contributed by atoms with Crippen LogP contribution in [-0.2, 0) is 14.8 Å². The number of piperidine rings is 1. The zero-order valence-corrected chi connectivity index (χ0v) is 14.5. The Morgan fingerprint density at radius 3 is 2.48 bits per heavy atom. The molecular weight excluding hydrogens is 314 g/mol. The largest absolute Gasteiger partial charge is 0.325 e. The monoisotopic (exact) mass is 339 g/mol. The highest BCUT2D eigenvalue weighted by atomic mass is 32.2. The molecule has 0 radical (unpaired) electrons. The van der Waals surface area contributed by atoms with Gasteiger partial charge in [-0.1, -0.05) is 13.3 Å². The first kappa shape index (κ1) is 17.7. The highest BCUT2D eigenvalue weighted by molar-refractivity contribution is 7.92. The molecule has 1 aliphatic rings. The number of likely N-dealkylation sites (tertiary alicyclic amines) is 1. The van der Waals surface area contributed by atoms with Crippen LogP contribution in [-0.4, -0.2) is 44.6 Å². The van der Waals surface area contributed by atoms with Crippen molar-refractivity contribution in [2.75, 3.05) is 29.4 Å². The minimum atomic E-state index is -3.29. The molecule has 1 aromatic rings. The van der Waals surface area contributed by atoms with Gasteiger partial charge in [0.15, 0.2) is 0 Å². The van der Waals surface area contributed by atoms with Gasteiger partial charge in [-0.25, -0.2) is 8.42 Å². The van der Waals surface area contributed by atoms with Crippen LogP contribution in [0.2, 0.25) is 0 Å². The second-order valence-electron chi connectivity index (χ2n) is 5.98. The molecule has 6 nitrogen and oxygen atoms in total. The van der Waals surface area contributed by atoms with Gasteiger partial charge in [-0.05, 0) is 57.1 Å². The number of likely N-dealkylation sites (N-methyl/N-ethyl adjacent to an activating group) is 1. The van der Waals surface area contributed by atoms with Crippen molar-refractivity contribution in [2.45, 2.75) is 38.6 Å². The van der Waals surface area contributed by atoms with Crippen LogP contribution in [0.4, 0.5) is 11.4 Å². The number of rotatable bonds is 6. The fourth-order valence-electron chi connectivity index (χ4n) is 2.75. The highest BCUT2D eigenvalue weighted by Crippen LogP contribution is 2.19. The molecule has 23 heavy (non-hydrogen) atoms. The molecule has 0 spiro atoms. The molecule has 1 amide bonds. The summed E-state index contributed by atoms with van der Waals surface area (Å²) in [5.41, 5.74) is 1.18. The molecule has 1 unspecified atom stereocenters. The number of carbonyl (C=O) groups excluding carboxylic acids is 1. The smallest absolute Gasteiger partial charge is 0.241 e. The van der Waals surface area contributed by atoms with Gasteiger partial charge in [-0.3, -0.25) is 14.4 Å². The van der Waals surface area contributed by atoms with Crippen molar-refractivity contribution >= 4 is 27.3 Å². The Balaban J connectivity index is 1.96. The van der Waals surface area contributed by atoms with E-state index in [1.165, 1.54) is 0 Å². The molecule has 0 aliphatic carbocycles. The Hall–Kier alpha value is -1.60. The Labute approximate surface area is 138 Å². The minimum Gasteiger partial charge on any atom is -0.325 e. The second kappa shape index (κ2) is 7.79. The summed E-state index contributed by atoms with van der Waals surface area (Å²) in [7, 11) is -1.32. The third-order valence-corrected chi connectivity index (χ3v) is 5.46. The summed E-state index contributed by atoms with van der Waals surface area (Å²) >= 11 is 0. The predicted octanol–water partition coefficient (Wildman–Crippen LogP) is 2.26. The van der Waals surface area contributed by atoms with Crippen molar-refractivity contribution in [2.24, 2.45) is 0 Å². The zero-order chi connectivity index (χ0) is 16.9. The van der Waals surface area contributed by atoms with Gasteiger partial charge in [0.2, 0.25) is 15.9 Å². The summed E-state index contributed by atoms with van der Waals surface area (Å²) in [4.78, 5) is 14.4. The average Bonchev–Trinajstić information content (AvgIpc) is 2.49. The van der Waals surface area contributed by atoms with Gasteiger partial charge < -0.3 is 5.32 Å². The fraction of sp³-hybridized carbons (Fsp3) is 0.562. The van der Waals surface area contributed by atoms with E-state index in [0.29, 0.717) is 17.8 Å². The van der Waals surface area contributed by atoms with Crippen LogP contribution in [0.3, 0.4) is 0 Å². The lowest BCUT2D eigenvalue weighted by atomic mass is 10.0. The first-order chi connectivity index (χ1) is 10.9. The van der Waals surface area contributed by atoms with Crippen molar-refractivity contribution in [3.63, 3.8) is 0 Å². The first-order valence-corrected chi connectivity index (χ1v) is 9.68. The minimum absolute atomic E-state index is 0.00786. The molecule has 0 bridgehead atoms. The van der Waals surface area contributed by atoms with E-state index in [9.17, 15) is 13.2 Å². The maximum atomic E-state index is 12.3. The molecule has 1 fully saturated rings. The summed E-state index contributed by atoms with van der Waals surface area (Å²) in [6, 6.07) is 6.65. The van der Waals surface area contributed by atoms with Crippen LogP contribution in [0.5, 0.6) is 0 Å². The summed E-state index contributed by atoms with van der Waals surface area (Å²) in [5.74, 6) is 0.0889. The number of hydrogen-bond donors (Lipinski definition) is 2.